The van der Waals surface area contributed by atoms with Gasteiger partial charge in [0.05, 0.1) is 6.54 Å². The van der Waals surface area contributed by atoms with Crippen LogP contribution in [0.3, 0.4) is 0 Å². The average molecular weight is 269 g/mol. The molecular formula is C15H31N3O. The first-order chi connectivity index (χ1) is 8.97. The first-order valence-electron chi connectivity index (χ1n) is 7.66. The molecule has 4 nitrogen and oxygen atoms in total. The zero-order valence-corrected chi connectivity index (χ0v) is 13.2. The van der Waals surface area contributed by atoms with Crippen LogP contribution in [-0.4, -0.2) is 49.6 Å². The normalized spacial score (nSPS) is 26.4. The van der Waals surface area contributed by atoms with Crippen molar-refractivity contribution in [2.45, 2.75) is 52.6 Å². The van der Waals surface area contributed by atoms with Crippen molar-refractivity contribution >= 4 is 5.91 Å². The fourth-order valence-electron chi connectivity index (χ4n) is 2.71. The SMILES string of the molecule is CCC1CN(CC(=O)NC(C)C(C)C)CCC1NC. The van der Waals surface area contributed by atoms with E-state index in [0.717, 1.165) is 19.5 Å². The van der Waals surface area contributed by atoms with E-state index < -0.39 is 0 Å². The van der Waals surface area contributed by atoms with Crippen LogP contribution in [0.5, 0.6) is 0 Å². The lowest BCUT2D eigenvalue weighted by atomic mass is 9.90. The van der Waals surface area contributed by atoms with Crippen molar-refractivity contribution < 1.29 is 4.79 Å². The number of carbonyl (C=O) groups excluding carboxylic acids is 1. The zero-order valence-electron chi connectivity index (χ0n) is 13.2. The second-order valence-electron chi connectivity index (χ2n) is 6.19. The zero-order chi connectivity index (χ0) is 14.4. The fourth-order valence-corrected chi connectivity index (χ4v) is 2.71. The highest BCUT2D eigenvalue weighted by molar-refractivity contribution is 5.78. The molecule has 1 aliphatic heterocycles. The van der Waals surface area contributed by atoms with Gasteiger partial charge in [-0.25, -0.2) is 0 Å². The molecule has 1 heterocycles. The molecule has 3 atom stereocenters. The van der Waals surface area contributed by atoms with E-state index in [-0.39, 0.29) is 11.9 Å². The van der Waals surface area contributed by atoms with Crippen molar-refractivity contribution in [1.82, 2.24) is 15.5 Å². The minimum Gasteiger partial charge on any atom is -0.352 e. The maximum absolute atomic E-state index is 12.0. The maximum Gasteiger partial charge on any atom is 0.234 e. The van der Waals surface area contributed by atoms with Crippen LogP contribution in [0.15, 0.2) is 0 Å². The summed E-state index contributed by atoms with van der Waals surface area (Å²) in [4.78, 5) is 14.3. The van der Waals surface area contributed by atoms with Gasteiger partial charge >= 0.3 is 0 Å². The smallest absolute Gasteiger partial charge is 0.234 e. The molecule has 1 rings (SSSR count). The Kier molecular flexibility index (Phi) is 6.80. The van der Waals surface area contributed by atoms with E-state index in [2.05, 4.69) is 43.2 Å². The lowest BCUT2D eigenvalue weighted by Gasteiger charge is -2.38. The molecule has 1 saturated heterocycles. The number of carbonyl (C=O) groups is 1. The standard InChI is InChI=1S/C15H31N3O/c1-6-13-9-18(8-7-14(13)16-5)10-15(19)17-12(4)11(2)3/h11-14,16H,6-10H2,1-5H3,(H,17,19). The van der Waals surface area contributed by atoms with E-state index in [1.807, 2.05) is 7.05 Å². The molecule has 0 bridgehead atoms. The fraction of sp³-hybridized carbons (Fsp3) is 0.933. The van der Waals surface area contributed by atoms with Gasteiger partial charge in [-0.15, -0.1) is 0 Å². The van der Waals surface area contributed by atoms with E-state index in [1.165, 1.54) is 6.42 Å². The monoisotopic (exact) mass is 269 g/mol. The highest BCUT2D eigenvalue weighted by Crippen LogP contribution is 2.19. The summed E-state index contributed by atoms with van der Waals surface area (Å²) in [7, 11) is 2.04. The summed E-state index contributed by atoms with van der Waals surface area (Å²) in [6.07, 6.45) is 2.31. The van der Waals surface area contributed by atoms with Gasteiger partial charge in [-0.05, 0) is 32.2 Å². The van der Waals surface area contributed by atoms with Gasteiger partial charge in [-0.2, -0.15) is 0 Å². The van der Waals surface area contributed by atoms with Gasteiger partial charge in [0.25, 0.3) is 0 Å². The molecule has 0 radical (unpaired) electrons. The predicted octanol–water partition coefficient (Wildman–Crippen LogP) is 1.47. The van der Waals surface area contributed by atoms with Gasteiger partial charge in [0, 0.05) is 25.2 Å². The third-order valence-electron chi connectivity index (χ3n) is 4.47. The molecule has 0 saturated carbocycles. The van der Waals surface area contributed by atoms with Gasteiger partial charge in [0.1, 0.15) is 0 Å². The Bertz CT molecular complexity index is 281. The molecule has 1 amide bonds. The lowest BCUT2D eigenvalue weighted by molar-refractivity contribution is -0.123. The van der Waals surface area contributed by atoms with E-state index in [1.54, 1.807) is 0 Å². The highest BCUT2D eigenvalue weighted by Gasteiger charge is 2.27. The van der Waals surface area contributed by atoms with Gasteiger partial charge in [0.2, 0.25) is 5.91 Å². The lowest BCUT2D eigenvalue weighted by Crippen LogP contribution is -2.51. The largest absolute Gasteiger partial charge is 0.352 e. The van der Waals surface area contributed by atoms with E-state index >= 15 is 0 Å². The molecule has 1 fully saturated rings. The second-order valence-corrected chi connectivity index (χ2v) is 6.19. The van der Waals surface area contributed by atoms with Crippen molar-refractivity contribution in [3.8, 4) is 0 Å². The Hall–Kier alpha value is -0.610. The molecule has 112 valence electrons. The Morgan fingerprint density at radius 3 is 2.58 bits per heavy atom. The van der Waals surface area contributed by atoms with E-state index in [0.29, 0.717) is 24.4 Å². The second kappa shape index (κ2) is 7.85. The number of hydrogen-bond acceptors (Lipinski definition) is 3. The predicted molar refractivity (Wildman–Crippen MR) is 80.1 cm³/mol. The Labute approximate surface area is 118 Å². The van der Waals surface area contributed by atoms with Crippen molar-refractivity contribution in [3.63, 3.8) is 0 Å². The number of likely N-dealkylation sites (tertiary alicyclic amines) is 1. The molecule has 3 unspecified atom stereocenters. The third-order valence-corrected chi connectivity index (χ3v) is 4.47. The van der Waals surface area contributed by atoms with Crippen LogP contribution in [-0.2, 0) is 4.79 Å². The van der Waals surface area contributed by atoms with Crippen LogP contribution < -0.4 is 10.6 Å². The van der Waals surface area contributed by atoms with Crippen molar-refractivity contribution in [1.29, 1.82) is 0 Å². The number of nitrogens with one attached hydrogen (secondary N) is 2. The molecule has 4 heteroatoms. The molecule has 19 heavy (non-hydrogen) atoms. The molecule has 1 aliphatic rings. The molecule has 2 N–H and O–H groups in total. The highest BCUT2D eigenvalue weighted by atomic mass is 16.2. The van der Waals surface area contributed by atoms with Gasteiger partial charge in [-0.3, -0.25) is 9.69 Å². The van der Waals surface area contributed by atoms with Crippen molar-refractivity contribution in [3.05, 3.63) is 0 Å². The summed E-state index contributed by atoms with van der Waals surface area (Å²) in [5.41, 5.74) is 0. The summed E-state index contributed by atoms with van der Waals surface area (Å²) in [5, 5.41) is 6.49. The number of hydrogen-bond donors (Lipinski definition) is 2. The van der Waals surface area contributed by atoms with Gasteiger partial charge in [0.15, 0.2) is 0 Å². The third kappa shape index (κ3) is 5.11. The van der Waals surface area contributed by atoms with Crippen LogP contribution in [0.4, 0.5) is 0 Å². The minimum atomic E-state index is 0.166. The van der Waals surface area contributed by atoms with Crippen molar-refractivity contribution in [2.24, 2.45) is 11.8 Å². The van der Waals surface area contributed by atoms with Gasteiger partial charge in [-0.1, -0.05) is 27.2 Å². The molecule has 0 spiro atoms. The molecular weight excluding hydrogens is 238 g/mol. The maximum atomic E-state index is 12.0. The Balaban J connectivity index is 2.39. The number of piperidine rings is 1. The molecule has 0 aromatic rings. The van der Waals surface area contributed by atoms with Gasteiger partial charge < -0.3 is 10.6 Å². The van der Waals surface area contributed by atoms with Crippen LogP contribution in [0, 0.1) is 11.8 Å². The Morgan fingerprint density at radius 1 is 1.37 bits per heavy atom. The number of rotatable bonds is 6. The molecule has 0 aromatic carbocycles. The summed E-state index contributed by atoms with van der Waals surface area (Å²) < 4.78 is 0. The summed E-state index contributed by atoms with van der Waals surface area (Å²) >= 11 is 0. The van der Waals surface area contributed by atoms with Crippen LogP contribution in [0.1, 0.15) is 40.5 Å². The van der Waals surface area contributed by atoms with Crippen LogP contribution >= 0.6 is 0 Å². The average Bonchev–Trinajstić information content (AvgIpc) is 2.38. The summed E-state index contributed by atoms with van der Waals surface area (Å²) in [5.74, 6) is 1.32. The van der Waals surface area contributed by atoms with E-state index in [4.69, 9.17) is 0 Å². The quantitative estimate of drug-likeness (QED) is 0.767. The van der Waals surface area contributed by atoms with Crippen LogP contribution in [0.2, 0.25) is 0 Å². The summed E-state index contributed by atoms with van der Waals surface area (Å²) in [6.45, 7) is 11.2. The summed E-state index contributed by atoms with van der Waals surface area (Å²) in [6, 6.07) is 0.864. The van der Waals surface area contributed by atoms with Crippen LogP contribution in [0.25, 0.3) is 0 Å². The topological polar surface area (TPSA) is 44.4 Å². The molecule has 0 aliphatic carbocycles. The van der Waals surface area contributed by atoms with Crippen molar-refractivity contribution in [2.75, 3.05) is 26.7 Å². The number of nitrogens with zero attached hydrogens (tertiary/aromatic N) is 1. The van der Waals surface area contributed by atoms with E-state index in [9.17, 15) is 4.79 Å². The minimum absolute atomic E-state index is 0.166. The first kappa shape index (κ1) is 16.4. The Morgan fingerprint density at radius 2 is 2.05 bits per heavy atom. The number of amides is 1. The molecule has 0 aromatic heterocycles. The first-order valence-corrected chi connectivity index (χ1v) is 7.66.